The maximum absolute atomic E-state index is 12.3. The van der Waals surface area contributed by atoms with Crippen molar-refractivity contribution in [3.63, 3.8) is 0 Å². The van der Waals surface area contributed by atoms with Crippen molar-refractivity contribution in [1.29, 1.82) is 0 Å². The van der Waals surface area contributed by atoms with Gasteiger partial charge in [0.1, 0.15) is 0 Å². The molecule has 2 aliphatic rings. The Labute approximate surface area is 121 Å². The number of amides is 1. The second-order valence-electron chi connectivity index (χ2n) is 6.44. The van der Waals surface area contributed by atoms with Crippen molar-refractivity contribution >= 4 is 5.91 Å². The molecule has 108 valence electrons. The highest BCUT2D eigenvalue weighted by Crippen LogP contribution is 2.40. The van der Waals surface area contributed by atoms with Crippen LogP contribution in [0.3, 0.4) is 0 Å². The molecule has 0 saturated heterocycles. The summed E-state index contributed by atoms with van der Waals surface area (Å²) in [6.45, 7) is 2.01. The molecule has 20 heavy (non-hydrogen) atoms. The van der Waals surface area contributed by atoms with Gasteiger partial charge in [-0.05, 0) is 56.6 Å². The van der Waals surface area contributed by atoms with Crippen LogP contribution < -0.4 is 5.32 Å². The number of nitrogens with one attached hydrogen (secondary N) is 1. The van der Waals surface area contributed by atoms with E-state index in [1.807, 2.05) is 25.1 Å². The highest BCUT2D eigenvalue weighted by atomic mass is 16.1. The molecule has 2 aliphatic carbocycles. The van der Waals surface area contributed by atoms with E-state index in [0.29, 0.717) is 18.3 Å². The zero-order valence-corrected chi connectivity index (χ0v) is 12.3. The van der Waals surface area contributed by atoms with Gasteiger partial charge in [0.25, 0.3) is 0 Å². The van der Waals surface area contributed by atoms with Gasteiger partial charge >= 0.3 is 0 Å². The molecule has 2 saturated carbocycles. The van der Waals surface area contributed by atoms with Crippen LogP contribution in [0.15, 0.2) is 18.2 Å². The number of carbonyl (C=O) groups excluding carboxylic acids is 1. The van der Waals surface area contributed by atoms with E-state index in [2.05, 4.69) is 10.3 Å². The lowest BCUT2D eigenvalue weighted by atomic mass is 10.0. The number of carbonyl (C=O) groups is 1. The van der Waals surface area contributed by atoms with E-state index >= 15 is 0 Å². The minimum Gasteiger partial charge on any atom is -0.347 e. The molecule has 3 rings (SSSR count). The highest BCUT2D eigenvalue weighted by molar-refractivity contribution is 5.76. The Morgan fingerprint density at radius 2 is 2.05 bits per heavy atom. The summed E-state index contributed by atoms with van der Waals surface area (Å²) in [5.74, 6) is 1.43. The van der Waals surface area contributed by atoms with Crippen molar-refractivity contribution in [2.45, 2.75) is 57.9 Å². The van der Waals surface area contributed by atoms with E-state index in [0.717, 1.165) is 11.4 Å². The molecule has 1 N–H and O–H groups in total. The van der Waals surface area contributed by atoms with Gasteiger partial charge in [0, 0.05) is 12.1 Å². The molecule has 3 heteroatoms. The van der Waals surface area contributed by atoms with Crippen LogP contribution in [0, 0.1) is 18.8 Å². The summed E-state index contributed by atoms with van der Waals surface area (Å²) in [5.41, 5.74) is 2.06. The summed E-state index contributed by atoms with van der Waals surface area (Å²) in [5, 5.41) is 3.25. The third-order valence-corrected chi connectivity index (χ3v) is 4.59. The van der Waals surface area contributed by atoms with E-state index < -0.39 is 0 Å². The van der Waals surface area contributed by atoms with Crippen LogP contribution in [0.4, 0.5) is 0 Å². The molecule has 1 heterocycles. The Kier molecular flexibility index (Phi) is 4.04. The van der Waals surface area contributed by atoms with Gasteiger partial charge in [-0.3, -0.25) is 9.78 Å². The second kappa shape index (κ2) is 5.94. The maximum Gasteiger partial charge on any atom is 0.220 e. The topological polar surface area (TPSA) is 42.0 Å². The summed E-state index contributed by atoms with van der Waals surface area (Å²) in [6.07, 6.45) is 8.17. The van der Waals surface area contributed by atoms with Crippen LogP contribution in [0.5, 0.6) is 0 Å². The van der Waals surface area contributed by atoms with Crippen LogP contribution in [0.25, 0.3) is 0 Å². The number of aryl methyl sites for hydroxylation is 1. The van der Waals surface area contributed by atoms with Gasteiger partial charge in [-0.1, -0.05) is 18.9 Å². The van der Waals surface area contributed by atoms with Gasteiger partial charge in [-0.2, -0.15) is 0 Å². The molecule has 0 radical (unpaired) electrons. The molecule has 0 bridgehead atoms. The quantitative estimate of drug-likeness (QED) is 0.891. The van der Waals surface area contributed by atoms with E-state index in [-0.39, 0.29) is 11.9 Å². The molecular weight excluding hydrogens is 248 g/mol. The van der Waals surface area contributed by atoms with Crippen LogP contribution in [-0.2, 0) is 4.79 Å². The lowest BCUT2D eigenvalue weighted by Crippen LogP contribution is -2.31. The summed E-state index contributed by atoms with van der Waals surface area (Å²) in [7, 11) is 0. The summed E-state index contributed by atoms with van der Waals surface area (Å²) in [6, 6.07) is 6.22. The van der Waals surface area contributed by atoms with Crippen molar-refractivity contribution < 1.29 is 4.79 Å². The first-order valence-electron chi connectivity index (χ1n) is 7.95. The largest absolute Gasteiger partial charge is 0.347 e. The fourth-order valence-electron chi connectivity index (χ4n) is 3.31. The molecule has 1 atom stereocenters. The summed E-state index contributed by atoms with van der Waals surface area (Å²) in [4.78, 5) is 16.9. The Balaban J connectivity index is 1.63. The van der Waals surface area contributed by atoms with Gasteiger partial charge in [0.05, 0.1) is 11.7 Å². The van der Waals surface area contributed by atoms with Crippen LogP contribution >= 0.6 is 0 Å². The number of pyridine rings is 1. The lowest BCUT2D eigenvalue weighted by molar-refractivity contribution is -0.122. The van der Waals surface area contributed by atoms with E-state index in [1.165, 1.54) is 38.5 Å². The van der Waals surface area contributed by atoms with Crippen LogP contribution in [-0.4, -0.2) is 10.9 Å². The van der Waals surface area contributed by atoms with Gasteiger partial charge in [-0.15, -0.1) is 0 Å². The molecule has 2 fully saturated rings. The fourth-order valence-corrected chi connectivity index (χ4v) is 3.31. The Morgan fingerprint density at radius 3 is 2.70 bits per heavy atom. The zero-order valence-electron chi connectivity index (χ0n) is 12.3. The smallest absolute Gasteiger partial charge is 0.220 e. The standard InChI is InChI=1S/C17H24N2O/c1-12-5-4-8-15(18-12)17(14-9-10-14)19-16(20)11-13-6-2-3-7-13/h4-5,8,13-14,17H,2-3,6-7,9-11H2,1H3,(H,19,20)/t17-/m1/s1. The Hall–Kier alpha value is -1.38. The predicted octanol–water partition coefficient (Wildman–Crippen LogP) is 3.54. The average molecular weight is 272 g/mol. The molecule has 0 aliphatic heterocycles. The molecule has 1 aromatic rings. The van der Waals surface area contributed by atoms with Gasteiger partial charge in [0.2, 0.25) is 5.91 Å². The first kappa shape index (κ1) is 13.6. The van der Waals surface area contributed by atoms with Crippen molar-refractivity contribution in [3.05, 3.63) is 29.6 Å². The van der Waals surface area contributed by atoms with Crippen molar-refractivity contribution in [2.75, 3.05) is 0 Å². The maximum atomic E-state index is 12.3. The number of aromatic nitrogens is 1. The van der Waals surface area contributed by atoms with E-state index in [9.17, 15) is 4.79 Å². The minimum atomic E-state index is 0.129. The molecule has 1 amide bonds. The summed E-state index contributed by atoms with van der Waals surface area (Å²) >= 11 is 0. The van der Waals surface area contributed by atoms with Gasteiger partial charge < -0.3 is 5.32 Å². The fraction of sp³-hybridized carbons (Fsp3) is 0.647. The number of nitrogens with zero attached hydrogens (tertiary/aromatic N) is 1. The van der Waals surface area contributed by atoms with E-state index in [4.69, 9.17) is 0 Å². The highest BCUT2D eigenvalue weighted by Gasteiger charge is 2.34. The first-order chi connectivity index (χ1) is 9.72. The third-order valence-electron chi connectivity index (χ3n) is 4.59. The lowest BCUT2D eigenvalue weighted by Gasteiger charge is -2.19. The Morgan fingerprint density at radius 1 is 1.30 bits per heavy atom. The van der Waals surface area contributed by atoms with Crippen molar-refractivity contribution in [2.24, 2.45) is 11.8 Å². The van der Waals surface area contributed by atoms with E-state index in [1.54, 1.807) is 0 Å². The molecule has 1 aromatic heterocycles. The molecule has 0 aromatic carbocycles. The molecular formula is C17H24N2O. The normalized spacial score (nSPS) is 20.9. The Bertz CT molecular complexity index is 476. The summed E-state index contributed by atoms with van der Waals surface area (Å²) < 4.78 is 0. The first-order valence-corrected chi connectivity index (χ1v) is 7.95. The number of hydrogen-bond donors (Lipinski definition) is 1. The third kappa shape index (κ3) is 3.38. The monoisotopic (exact) mass is 272 g/mol. The minimum absolute atomic E-state index is 0.129. The molecule has 0 spiro atoms. The average Bonchev–Trinajstić information content (AvgIpc) is 3.14. The van der Waals surface area contributed by atoms with Gasteiger partial charge in [0.15, 0.2) is 0 Å². The zero-order chi connectivity index (χ0) is 13.9. The molecule has 0 unspecified atom stereocenters. The van der Waals surface area contributed by atoms with Crippen molar-refractivity contribution in [3.8, 4) is 0 Å². The predicted molar refractivity (Wildman–Crippen MR) is 79.2 cm³/mol. The number of rotatable bonds is 5. The van der Waals surface area contributed by atoms with Gasteiger partial charge in [-0.25, -0.2) is 0 Å². The van der Waals surface area contributed by atoms with Crippen LogP contribution in [0.1, 0.15) is 62.4 Å². The van der Waals surface area contributed by atoms with Crippen LogP contribution in [0.2, 0.25) is 0 Å². The number of hydrogen-bond acceptors (Lipinski definition) is 2. The SMILES string of the molecule is Cc1cccc([C@H](NC(=O)CC2CCCC2)C2CC2)n1. The molecule has 3 nitrogen and oxygen atoms in total. The van der Waals surface area contributed by atoms with Crippen molar-refractivity contribution in [1.82, 2.24) is 10.3 Å². The second-order valence-corrected chi connectivity index (χ2v) is 6.44.